The lowest BCUT2D eigenvalue weighted by Crippen LogP contribution is -2.26. The third-order valence-electron chi connectivity index (χ3n) is 6.81. The van der Waals surface area contributed by atoms with Gasteiger partial charge in [-0.25, -0.2) is 0 Å². The van der Waals surface area contributed by atoms with Gasteiger partial charge in [0.2, 0.25) is 0 Å². The Balaban J connectivity index is 1.67. The van der Waals surface area contributed by atoms with Crippen molar-refractivity contribution >= 4 is 24.4 Å². The first kappa shape index (κ1) is 18.4. The molecule has 5 rings (SSSR count). The summed E-state index contributed by atoms with van der Waals surface area (Å²) in [5, 5.41) is 1.31. The van der Waals surface area contributed by atoms with E-state index in [9.17, 15) is 0 Å². The molecule has 3 aromatic rings. The second kappa shape index (κ2) is 8.42. The largest absolute Gasteiger partial charge is 0.456 e. The maximum Gasteiger partial charge on any atom is 0.135 e. The fraction of sp³-hybridized carbons (Fsp3) is 0.462. The average molecular weight is 391 g/mol. The first-order chi connectivity index (χ1) is 13.9. The Morgan fingerprint density at radius 3 is 1.86 bits per heavy atom. The zero-order valence-electron chi connectivity index (χ0n) is 16.8. The molecule has 2 aliphatic carbocycles. The Morgan fingerprint density at radius 2 is 1.21 bits per heavy atom. The van der Waals surface area contributed by atoms with Gasteiger partial charge in [0.05, 0.1) is 0 Å². The maximum absolute atomic E-state index is 6.75. The number of hydrogen-bond donors (Lipinski definition) is 0. The number of hydrogen-bond acceptors (Lipinski definition) is 1. The van der Waals surface area contributed by atoms with Gasteiger partial charge in [-0.1, -0.05) is 87.1 Å². The van der Waals surface area contributed by atoms with Crippen molar-refractivity contribution in [2.45, 2.75) is 75.5 Å². The zero-order chi connectivity index (χ0) is 18.8. The van der Waals surface area contributed by atoms with Gasteiger partial charge in [-0.3, -0.25) is 0 Å². The van der Waals surface area contributed by atoms with Gasteiger partial charge < -0.3 is 4.42 Å². The van der Waals surface area contributed by atoms with Crippen LogP contribution in [0.25, 0.3) is 22.1 Å². The van der Waals surface area contributed by atoms with Gasteiger partial charge in [-0.15, -0.1) is 0 Å². The Labute approximate surface area is 170 Å². The lowest BCUT2D eigenvalue weighted by molar-refractivity contribution is 0.484. The molecule has 0 amide bonds. The van der Waals surface area contributed by atoms with Crippen molar-refractivity contribution in [2.75, 3.05) is 0 Å². The number of benzene rings is 2. The Kier molecular flexibility index (Phi) is 5.54. The van der Waals surface area contributed by atoms with Crippen LogP contribution < -0.4 is 5.50 Å². The molecular weight excluding hydrogens is 359 g/mol. The summed E-state index contributed by atoms with van der Waals surface area (Å²) in [6.07, 6.45) is 14.1. The van der Waals surface area contributed by atoms with Crippen molar-refractivity contribution in [1.82, 2.24) is 0 Å². The van der Waals surface area contributed by atoms with Crippen LogP contribution in [0, 0.1) is 0 Å². The van der Waals surface area contributed by atoms with E-state index in [0.29, 0.717) is 0 Å². The van der Waals surface area contributed by atoms with Crippen molar-refractivity contribution in [3.05, 3.63) is 54.6 Å². The third-order valence-corrected chi connectivity index (χ3v) is 10.2. The third kappa shape index (κ3) is 3.55. The SMILES string of the molecule is c1ccc(-c2c(P(C3CCCCC3)C3CCCCC3)oc3ccccc23)cc1. The molecule has 0 atom stereocenters. The summed E-state index contributed by atoms with van der Waals surface area (Å²) in [6.45, 7) is 0. The Morgan fingerprint density at radius 1 is 0.643 bits per heavy atom. The van der Waals surface area contributed by atoms with Gasteiger partial charge in [0.25, 0.3) is 0 Å². The number of fused-ring (bicyclic) bond motifs is 1. The summed E-state index contributed by atoms with van der Waals surface area (Å²) >= 11 is 0. The summed E-state index contributed by atoms with van der Waals surface area (Å²) in [4.78, 5) is 0. The molecule has 0 bridgehead atoms. The second-order valence-corrected chi connectivity index (χ2v) is 11.3. The number of para-hydroxylation sites is 1. The highest BCUT2D eigenvalue weighted by molar-refractivity contribution is 7.67. The molecule has 146 valence electrons. The molecule has 0 saturated heterocycles. The van der Waals surface area contributed by atoms with E-state index in [4.69, 9.17) is 4.42 Å². The summed E-state index contributed by atoms with van der Waals surface area (Å²) in [6, 6.07) is 19.7. The van der Waals surface area contributed by atoms with E-state index in [1.807, 2.05) is 0 Å². The van der Waals surface area contributed by atoms with Crippen molar-refractivity contribution in [3.8, 4) is 11.1 Å². The summed E-state index contributed by atoms with van der Waals surface area (Å²) < 4.78 is 6.75. The average Bonchev–Trinajstić information content (AvgIpc) is 3.15. The van der Waals surface area contributed by atoms with Crippen molar-refractivity contribution in [3.63, 3.8) is 0 Å². The fourth-order valence-electron chi connectivity index (χ4n) is 5.45. The normalized spacial score (nSPS) is 19.5. The highest BCUT2D eigenvalue weighted by atomic mass is 31.1. The van der Waals surface area contributed by atoms with Crippen LogP contribution in [0.5, 0.6) is 0 Å². The van der Waals surface area contributed by atoms with E-state index in [2.05, 4.69) is 54.6 Å². The van der Waals surface area contributed by atoms with Gasteiger partial charge in [0.15, 0.2) is 0 Å². The number of furan rings is 1. The monoisotopic (exact) mass is 390 g/mol. The van der Waals surface area contributed by atoms with Crippen LogP contribution in [0.4, 0.5) is 0 Å². The van der Waals surface area contributed by atoms with Crippen molar-refractivity contribution in [1.29, 1.82) is 0 Å². The molecule has 2 saturated carbocycles. The van der Waals surface area contributed by atoms with E-state index in [0.717, 1.165) is 16.9 Å². The zero-order valence-corrected chi connectivity index (χ0v) is 17.7. The molecule has 2 fully saturated rings. The molecule has 0 radical (unpaired) electrons. The van der Waals surface area contributed by atoms with Crippen LogP contribution in [-0.4, -0.2) is 11.3 Å². The van der Waals surface area contributed by atoms with E-state index in [-0.39, 0.29) is 7.92 Å². The molecule has 1 nitrogen and oxygen atoms in total. The predicted molar refractivity (Wildman–Crippen MR) is 122 cm³/mol. The lowest BCUT2D eigenvalue weighted by Gasteiger charge is -2.37. The fourth-order valence-corrected chi connectivity index (χ4v) is 9.26. The van der Waals surface area contributed by atoms with E-state index >= 15 is 0 Å². The van der Waals surface area contributed by atoms with Crippen LogP contribution >= 0.6 is 7.92 Å². The molecule has 1 heterocycles. The van der Waals surface area contributed by atoms with Gasteiger partial charge in [0.1, 0.15) is 11.1 Å². The van der Waals surface area contributed by atoms with Gasteiger partial charge in [0, 0.05) is 10.9 Å². The highest BCUT2D eigenvalue weighted by Crippen LogP contribution is 2.57. The van der Waals surface area contributed by atoms with Crippen LogP contribution in [-0.2, 0) is 0 Å². The smallest absolute Gasteiger partial charge is 0.135 e. The first-order valence-electron chi connectivity index (χ1n) is 11.3. The van der Waals surface area contributed by atoms with E-state index < -0.39 is 0 Å². The summed E-state index contributed by atoms with van der Waals surface area (Å²) in [7, 11) is -0.250. The standard InChI is InChI=1S/C26H31OP/c1-4-12-20(13-5-1)25-23-18-10-11-19-24(23)27-26(25)28(21-14-6-2-7-15-21)22-16-8-3-9-17-22/h1,4-5,10-13,18-19,21-22H,2-3,6-9,14-17H2. The highest BCUT2D eigenvalue weighted by Gasteiger charge is 2.36. The van der Waals surface area contributed by atoms with E-state index in [1.54, 1.807) is 0 Å². The van der Waals surface area contributed by atoms with Crippen LogP contribution in [0.15, 0.2) is 59.0 Å². The molecule has 2 heteroatoms. The molecule has 28 heavy (non-hydrogen) atoms. The first-order valence-corrected chi connectivity index (χ1v) is 12.7. The molecule has 2 aromatic carbocycles. The predicted octanol–water partition coefficient (Wildman–Crippen LogP) is 7.87. The summed E-state index contributed by atoms with van der Waals surface area (Å²) in [5.41, 5.74) is 6.89. The van der Waals surface area contributed by atoms with Gasteiger partial charge in [-0.2, -0.15) is 0 Å². The quantitative estimate of drug-likeness (QED) is 0.413. The number of rotatable bonds is 4. The molecule has 0 N–H and O–H groups in total. The van der Waals surface area contributed by atoms with Crippen molar-refractivity contribution < 1.29 is 4.42 Å². The molecule has 2 aliphatic rings. The molecule has 0 aliphatic heterocycles. The van der Waals surface area contributed by atoms with Crippen LogP contribution in [0.2, 0.25) is 0 Å². The molecule has 0 unspecified atom stereocenters. The Bertz CT molecular complexity index is 883. The minimum atomic E-state index is -0.250. The Hall–Kier alpha value is -1.59. The topological polar surface area (TPSA) is 13.1 Å². The van der Waals surface area contributed by atoms with Gasteiger partial charge in [-0.05, 0) is 56.6 Å². The molecular formula is C26H31OP. The maximum atomic E-state index is 6.75. The lowest BCUT2D eigenvalue weighted by atomic mass is 9.99. The van der Waals surface area contributed by atoms with Gasteiger partial charge >= 0.3 is 0 Å². The summed E-state index contributed by atoms with van der Waals surface area (Å²) in [5.74, 6) is 0. The van der Waals surface area contributed by atoms with Crippen LogP contribution in [0.3, 0.4) is 0 Å². The van der Waals surface area contributed by atoms with Crippen molar-refractivity contribution in [2.24, 2.45) is 0 Å². The molecule has 0 spiro atoms. The second-order valence-electron chi connectivity index (χ2n) is 8.64. The minimum Gasteiger partial charge on any atom is -0.456 e. The van der Waals surface area contributed by atoms with E-state index in [1.165, 1.54) is 86.2 Å². The van der Waals surface area contributed by atoms with Crippen LogP contribution in [0.1, 0.15) is 64.2 Å². The minimum absolute atomic E-state index is 0.250. The molecule has 1 aromatic heterocycles.